The third-order valence-electron chi connectivity index (χ3n) is 4.36. The summed E-state index contributed by atoms with van der Waals surface area (Å²) in [5.74, 6) is 0.914. The first kappa shape index (κ1) is 15.8. The number of hydrogen-bond acceptors (Lipinski definition) is 3. The monoisotopic (exact) mass is 310 g/mol. The van der Waals surface area contributed by atoms with Gasteiger partial charge in [0.25, 0.3) is 0 Å². The maximum absolute atomic E-state index is 4.43. The molecule has 3 rings (SSSR count). The highest BCUT2D eigenvalue weighted by atomic mass is 15.0. The molecule has 0 fully saturated rings. The molecule has 3 aromatic rings. The van der Waals surface area contributed by atoms with E-state index in [9.17, 15) is 0 Å². The van der Waals surface area contributed by atoms with Gasteiger partial charge in [-0.05, 0) is 12.5 Å². The van der Waals surface area contributed by atoms with Gasteiger partial charge in [0.15, 0.2) is 5.82 Å². The van der Waals surface area contributed by atoms with Gasteiger partial charge < -0.3 is 10.3 Å². The molecule has 0 amide bonds. The minimum atomic E-state index is 0.914. The zero-order valence-corrected chi connectivity index (χ0v) is 13.9. The van der Waals surface area contributed by atoms with Gasteiger partial charge in [-0.2, -0.15) is 0 Å². The van der Waals surface area contributed by atoms with Crippen LogP contribution in [0.2, 0.25) is 0 Å². The number of aromatic nitrogens is 3. The van der Waals surface area contributed by atoms with Crippen LogP contribution >= 0.6 is 0 Å². The summed E-state index contributed by atoms with van der Waals surface area (Å²) in [7, 11) is 0. The number of aromatic amines is 1. The van der Waals surface area contributed by atoms with E-state index in [1.165, 1.54) is 44.9 Å². The summed E-state index contributed by atoms with van der Waals surface area (Å²) in [4.78, 5) is 12.3. The van der Waals surface area contributed by atoms with Gasteiger partial charge in [0, 0.05) is 17.4 Å². The largest absolute Gasteiger partial charge is 0.368 e. The lowest BCUT2D eigenvalue weighted by Gasteiger charge is -2.06. The van der Waals surface area contributed by atoms with E-state index in [1.54, 1.807) is 6.33 Å². The molecule has 0 spiro atoms. The first-order valence-electron chi connectivity index (χ1n) is 8.85. The molecular formula is C19H26N4. The quantitative estimate of drug-likeness (QED) is 0.529. The topological polar surface area (TPSA) is 53.6 Å². The standard InChI is InChI=1S/C19H26N4/c1-2-3-4-5-6-7-10-13-20-19-18-17(21-14-22-19)15-11-8-9-12-16(15)23-18/h8-9,11-12,14,23H,2-7,10,13H2,1H3,(H,20,21,22). The Bertz CT molecular complexity index is 747. The van der Waals surface area contributed by atoms with E-state index >= 15 is 0 Å². The van der Waals surface area contributed by atoms with Crippen LogP contribution in [0.25, 0.3) is 21.9 Å². The number of nitrogens with one attached hydrogen (secondary N) is 2. The summed E-state index contributed by atoms with van der Waals surface area (Å²) >= 11 is 0. The fourth-order valence-electron chi connectivity index (χ4n) is 3.06. The second kappa shape index (κ2) is 7.95. The van der Waals surface area contributed by atoms with Crippen molar-refractivity contribution in [1.29, 1.82) is 0 Å². The number of rotatable bonds is 9. The van der Waals surface area contributed by atoms with Crippen LogP contribution < -0.4 is 5.32 Å². The van der Waals surface area contributed by atoms with Crippen LogP contribution in [0, 0.1) is 0 Å². The van der Waals surface area contributed by atoms with Gasteiger partial charge in [-0.3, -0.25) is 0 Å². The van der Waals surface area contributed by atoms with Crippen molar-refractivity contribution in [3.05, 3.63) is 30.6 Å². The van der Waals surface area contributed by atoms with Gasteiger partial charge in [0.1, 0.15) is 17.4 Å². The van der Waals surface area contributed by atoms with Crippen LogP contribution in [-0.4, -0.2) is 21.5 Å². The molecule has 0 aliphatic heterocycles. The maximum Gasteiger partial charge on any atom is 0.153 e. The minimum absolute atomic E-state index is 0.914. The molecule has 0 aliphatic rings. The van der Waals surface area contributed by atoms with Gasteiger partial charge in [0.2, 0.25) is 0 Å². The van der Waals surface area contributed by atoms with Crippen LogP contribution in [0.4, 0.5) is 5.82 Å². The fourth-order valence-corrected chi connectivity index (χ4v) is 3.06. The van der Waals surface area contributed by atoms with Crippen molar-refractivity contribution in [2.24, 2.45) is 0 Å². The smallest absolute Gasteiger partial charge is 0.153 e. The van der Waals surface area contributed by atoms with E-state index in [4.69, 9.17) is 0 Å². The predicted molar refractivity (Wildman–Crippen MR) is 97.9 cm³/mol. The zero-order valence-electron chi connectivity index (χ0n) is 13.9. The summed E-state index contributed by atoms with van der Waals surface area (Å²) in [5, 5.41) is 4.62. The van der Waals surface area contributed by atoms with Crippen LogP contribution in [0.5, 0.6) is 0 Å². The molecule has 2 heterocycles. The predicted octanol–water partition coefficient (Wildman–Crippen LogP) is 5.27. The lowest BCUT2D eigenvalue weighted by molar-refractivity contribution is 0.596. The van der Waals surface area contributed by atoms with Crippen molar-refractivity contribution in [2.45, 2.75) is 51.9 Å². The Kier molecular flexibility index (Phi) is 5.46. The van der Waals surface area contributed by atoms with Crippen LogP contribution in [0.3, 0.4) is 0 Å². The average molecular weight is 310 g/mol. The van der Waals surface area contributed by atoms with Crippen molar-refractivity contribution in [2.75, 3.05) is 11.9 Å². The van der Waals surface area contributed by atoms with Gasteiger partial charge in [-0.1, -0.05) is 63.6 Å². The Morgan fingerprint density at radius 1 is 0.957 bits per heavy atom. The van der Waals surface area contributed by atoms with Crippen molar-refractivity contribution in [3.8, 4) is 0 Å². The zero-order chi connectivity index (χ0) is 15.9. The van der Waals surface area contributed by atoms with Crippen LogP contribution in [0.15, 0.2) is 30.6 Å². The molecule has 0 unspecified atom stereocenters. The third kappa shape index (κ3) is 3.81. The SMILES string of the molecule is CCCCCCCCCNc1ncnc2c1[nH]c1ccccc12. The van der Waals surface area contributed by atoms with E-state index in [1.807, 2.05) is 12.1 Å². The molecule has 23 heavy (non-hydrogen) atoms. The maximum atomic E-state index is 4.43. The Morgan fingerprint density at radius 3 is 2.61 bits per heavy atom. The highest BCUT2D eigenvalue weighted by Gasteiger charge is 2.09. The molecule has 1 aromatic carbocycles. The normalized spacial score (nSPS) is 11.3. The van der Waals surface area contributed by atoms with Gasteiger partial charge in [-0.25, -0.2) is 9.97 Å². The van der Waals surface area contributed by atoms with Crippen LogP contribution in [-0.2, 0) is 0 Å². The van der Waals surface area contributed by atoms with Crippen molar-refractivity contribution < 1.29 is 0 Å². The Labute approximate surface area is 137 Å². The Hall–Kier alpha value is -2.10. The number of fused-ring (bicyclic) bond motifs is 3. The Morgan fingerprint density at radius 2 is 1.74 bits per heavy atom. The van der Waals surface area contributed by atoms with E-state index in [-0.39, 0.29) is 0 Å². The van der Waals surface area contributed by atoms with Crippen LogP contribution in [0.1, 0.15) is 51.9 Å². The fraction of sp³-hybridized carbons (Fsp3) is 0.474. The van der Waals surface area contributed by atoms with Crippen molar-refractivity contribution >= 4 is 27.8 Å². The summed E-state index contributed by atoms with van der Waals surface area (Å²) in [6.07, 6.45) is 10.9. The molecule has 4 nitrogen and oxygen atoms in total. The number of anilines is 1. The molecule has 0 aliphatic carbocycles. The van der Waals surface area contributed by atoms with Gasteiger partial charge in [0.05, 0.1) is 0 Å². The van der Waals surface area contributed by atoms with E-state index in [0.29, 0.717) is 0 Å². The lowest BCUT2D eigenvalue weighted by atomic mass is 10.1. The number of unbranched alkanes of at least 4 members (excludes halogenated alkanes) is 6. The lowest BCUT2D eigenvalue weighted by Crippen LogP contribution is -2.04. The molecule has 0 radical (unpaired) electrons. The number of H-pyrrole nitrogens is 1. The second-order valence-electron chi connectivity index (χ2n) is 6.16. The summed E-state index contributed by atoms with van der Waals surface area (Å²) in [5.41, 5.74) is 3.12. The second-order valence-corrected chi connectivity index (χ2v) is 6.16. The highest BCUT2D eigenvalue weighted by Crippen LogP contribution is 2.26. The molecule has 4 heteroatoms. The average Bonchev–Trinajstić information content (AvgIpc) is 2.97. The van der Waals surface area contributed by atoms with E-state index < -0.39 is 0 Å². The third-order valence-corrected chi connectivity index (χ3v) is 4.36. The molecule has 122 valence electrons. The van der Waals surface area contributed by atoms with Crippen molar-refractivity contribution in [3.63, 3.8) is 0 Å². The summed E-state index contributed by atoms with van der Waals surface area (Å²) in [6.45, 7) is 3.23. The molecular weight excluding hydrogens is 284 g/mol. The molecule has 2 aromatic heterocycles. The Balaban J connectivity index is 1.56. The highest BCUT2D eigenvalue weighted by molar-refractivity contribution is 6.07. The number of benzene rings is 1. The molecule has 2 N–H and O–H groups in total. The van der Waals surface area contributed by atoms with Crippen molar-refractivity contribution in [1.82, 2.24) is 15.0 Å². The first-order valence-corrected chi connectivity index (χ1v) is 8.85. The number of nitrogens with zero attached hydrogens (tertiary/aromatic N) is 2. The summed E-state index contributed by atoms with van der Waals surface area (Å²) < 4.78 is 0. The molecule has 0 saturated heterocycles. The van der Waals surface area contributed by atoms with E-state index in [2.05, 4.69) is 39.3 Å². The first-order chi connectivity index (χ1) is 11.4. The summed E-state index contributed by atoms with van der Waals surface area (Å²) in [6, 6.07) is 8.26. The van der Waals surface area contributed by atoms with E-state index in [0.717, 1.165) is 34.3 Å². The number of hydrogen-bond donors (Lipinski definition) is 2. The van der Waals surface area contributed by atoms with Gasteiger partial charge in [-0.15, -0.1) is 0 Å². The van der Waals surface area contributed by atoms with Gasteiger partial charge >= 0.3 is 0 Å². The molecule has 0 saturated carbocycles. The minimum Gasteiger partial charge on any atom is -0.368 e. The number of para-hydroxylation sites is 1. The molecule has 0 bridgehead atoms. The molecule has 0 atom stereocenters.